The number of aromatic nitrogens is 3. The summed E-state index contributed by atoms with van der Waals surface area (Å²) in [5.74, 6) is 0.958. The summed E-state index contributed by atoms with van der Waals surface area (Å²) in [5, 5.41) is 1.25. The van der Waals surface area contributed by atoms with Crippen molar-refractivity contribution in [1.29, 1.82) is 0 Å². The maximum atomic E-state index is 13.0. The van der Waals surface area contributed by atoms with Crippen molar-refractivity contribution in [3.05, 3.63) is 53.6 Å². The highest BCUT2D eigenvalue weighted by Gasteiger charge is 2.23. The summed E-state index contributed by atoms with van der Waals surface area (Å²) in [6.07, 6.45) is 1.95. The molecule has 0 saturated carbocycles. The zero-order valence-electron chi connectivity index (χ0n) is 18.4. The third-order valence-electron chi connectivity index (χ3n) is 6.58. The SMILES string of the molecule is CCn1c(-c2nc3cc(C(=O)N4CCCC(N)C4)ccc3n2C)cc2c(C)cccc21. The van der Waals surface area contributed by atoms with Gasteiger partial charge in [0.1, 0.15) is 0 Å². The second-order valence-electron chi connectivity index (χ2n) is 8.63. The molecule has 1 aliphatic rings. The van der Waals surface area contributed by atoms with Gasteiger partial charge in [0, 0.05) is 49.2 Å². The van der Waals surface area contributed by atoms with Gasteiger partial charge in [-0.15, -0.1) is 0 Å². The van der Waals surface area contributed by atoms with E-state index in [0.717, 1.165) is 48.5 Å². The number of benzene rings is 2. The Labute approximate surface area is 182 Å². The van der Waals surface area contributed by atoms with E-state index in [4.69, 9.17) is 10.7 Å². The van der Waals surface area contributed by atoms with Gasteiger partial charge in [0.25, 0.3) is 5.91 Å². The number of hydrogen-bond acceptors (Lipinski definition) is 3. The maximum Gasteiger partial charge on any atom is 0.253 e. The molecule has 0 radical (unpaired) electrons. The average Bonchev–Trinajstić information content (AvgIpc) is 3.31. The van der Waals surface area contributed by atoms with Crippen LogP contribution in [0.4, 0.5) is 0 Å². The lowest BCUT2D eigenvalue weighted by atomic mass is 10.1. The van der Waals surface area contributed by atoms with Crippen molar-refractivity contribution in [2.75, 3.05) is 13.1 Å². The number of nitrogens with two attached hydrogens (primary N) is 1. The molecule has 2 aromatic heterocycles. The average molecular weight is 416 g/mol. The fraction of sp³-hybridized carbons (Fsp3) is 0.360. The lowest BCUT2D eigenvalue weighted by Gasteiger charge is -2.30. The fourth-order valence-corrected chi connectivity index (χ4v) is 4.90. The summed E-state index contributed by atoms with van der Waals surface area (Å²) in [6, 6.07) is 14.6. The van der Waals surface area contributed by atoms with Crippen LogP contribution < -0.4 is 5.73 Å². The molecule has 2 N–H and O–H groups in total. The third-order valence-corrected chi connectivity index (χ3v) is 6.58. The fourth-order valence-electron chi connectivity index (χ4n) is 4.90. The van der Waals surface area contributed by atoms with Crippen molar-refractivity contribution in [2.45, 2.75) is 39.3 Å². The zero-order valence-corrected chi connectivity index (χ0v) is 18.4. The van der Waals surface area contributed by atoms with Gasteiger partial charge in [-0.3, -0.25) is 4.79 Å². The molecule has 6 heteroatoms. The van der Waals surface area contributed by atoms with E-state index < -0.39 is 0 Å². The van der Waals surface area contributed by atoms with E-state index in [9.17, 15) is 4.79 Å². The molecule has 31 heavy (non-hydrogen) atoms. The number of rotatable bonds is 3. The molecule has 2 aromatic carbocycles. The van der Waals surface area contributed by atoms with Crippen LogP contribution >= 0.6 is 0 Å². The van der Waals surface area contributed by atoms with Crippen LogP contribution in [0.2, 0.25) is 0 Å². The summed E-state index contributed by atoms with van der Waals surface area (Å²) in [6.45, 7) is 6.57. The Bertz CT molecular complexity index is 1300. The Balaban J connectivity index is 1.59. The number of nitrogens with zero attached hydrogens (tertiary/aromatic N) is 4. The highest BCUT2D eigenvalue weighted by atomic mass is 16.2. The second-order valence-corrected chi connectivity index (χ2v) is 8.63. The lowest BCUT2D eigenvalue weighted by molar-refractivity contribution is 0.0709. The molecule has 160 valence electrons. The molecule has 1 atom stereocenters. The molecule has 0 aliphatic carbocycles. The molecule has 1 fully saturated rings. The van der Waals surface area contributed by atoms with Gasteiger partial charge >= 0.3 is 0 Å². The van der Waals surface area contributed by atoms with E-state index in [1.54, 1.807) is 0 Å². The number of carbonyl (C=O) groups excluding carboxylic acids is 1. The number of likely N-dealkylation sites (tertiary alicyclic amines) is 1. The van der Waals surface area contributed by atoms with Gasteiger partial charge in [-0.05, 0) is 62.6 Å². The second kappa shape index (κ2) is 7.54. The van der Waals surface area contributed by atoms with Crippen LogP contribution in [0.15, 0.2) is 42.5 Å². The number of amides is 1. The van der Waals surface area contributed by atoms with E-state index in [1.807, 2.05) is 30.1 Å². The van der Waals surface area contributed by atoms with Gasteiger partial charge in [-0.25, -0.2) is 4.98 Å². The minimum Gasteiger partial charge on any atom is -0.338 e. The molecule has 4 aromatic rings. The van der Waals surface area contributed by atoms with Crippen molar-refractivity contribution < 1.29 is 4.79 Å². The van der Waals surface area contributed by atoms with Gasteiger partial charge in [-0.1, -0.05) is 12.1 Å². The minimum absolute atomic E-state index is 0.0440. The first kappa shape index (κ1) is 19.8. The summed E-state index contributed by atoms with van der Waals surface area (Å²) in [7, 11) is 2.04. The Hall–Kier alpha value is -3.12. The van der Waals surface area contributed by atoms with Gasteiger partial charge in [0.05, 0.1) is 16.7 Å². The number of aryl methyl sites for hydroxylation is 3. The van der Waals surface area contributed by atoms with Crippen LogP contribution in [0.1, 0.15) is 35.7 Å². The number of piperidine rings is 1. The first-order valence-corrected chi connectivity index (χ1v) is 11.1. The largest absolute Gasteiger partial charge is 0.338 e. The molecular formula is C25H29N5O. The quantitative estimate of drug-likeness (QED) is 0.548. The molecule has 6 nitrogen and oxygen atoms in total. The number of hydrogen-bond donors (Lipinski definition) is 1. The van der Waals surface area contributed by atoms with Crippen molar-refractivity contribution in [3.8, 4) is 11.5 Å². The van der Waals surface area contributed by atoms with E-state index >= 15 is 0 Å². The van der Waals surface area contributed by atoms with Gasteiger partial charge in [0.2, 0.25) is 0 Å². The van der Waals surface area contributed by atoms with Crippen LogP contribution in [0.25, 0.3) is 33.5 Å². The van der Waals surface area contributed by atoms with E-state index in [-0.39, 0.29) is 11.9 Å². The number of imidazole rings is 1. The van der Waals surface area contributed by atoms with Crippen molar-refractivity contribution in [1.82, 2.24) is 19.0 Å². The van der Waals surface area contributed by atoms with Crippen LogP contribution in [-0.4, -0.2) is 44.1 Å². The molecule has 1 saturated heterocycles. The van der Waals surface area contributed by atoms with Crippen molar-refractivity contribution in [3.63, 3.8) is 0 Å². The van der Waals surface area contributed by atoms with Crippen molar-refractivity contribution >= 4 is 27.8 Å². The Morgan fingerprint density at radius 1 is 1.19 bits per heavy atom. The molecule has 1 unspecified atom stereocenters. The van der Waals surface area contributed by atoms with Crippen LogP contribution in [0.3, 0.4) is 0 Å². The van der Waals surface area contributed by atoms with Gasteiger partial charge in [-0.2, -0.15) is 0 Å². The summed E-state index contributed by atoms with van der Waals surface area (Å²) < 4.78 is 4.43. The monoisotopic (exact) mass is 415 g/mol. The standard InChI is InChI=1S/C25H29N5O/c1-4-30-21-9-5-7-16(2)19(21)14-23(30)24-27-20-13-17(10-11-22(20)28(24)3)25(31)29-12-6-8-18(26)15-29/h5,7,9-11,13-14,18H,4,6,8,12,15,26H2,1-3H3. The van der Waals surface area contributed by atoms with Crippen LogP contribution in [0.5, 0.6) is 0 Å². The van der Waals surface area contributed by atoms with Gasteiger partial charge in [0.15, 0.2) is 5.82 Å². The predicted molar refractivity (Wildman–Crippen MR) is 125 cm³/mol. The topological polar surface area (TPSA) is 69.1 Å². The maximum absolute atomic E-state index is 13.0. The molecule has 0 bridgehead atoms. The Morgan fingerprint density at radius 3 is 2.81 bits per heavy atom. The molecule has 1 amide bonds. The summed E-state index contributed by atoms with van der Waals surface area (Å²) >= 11 is 0. The van der Waals surface area contributed by atoms with Crippen LogP contribution in [-0.2, 0) is 13.6 Å². The summed E-state index contributed by atoms with van der Waals surface area (Å²) in [5.41, 5.74) is 12.2. The summed E-state index contributed by atoms with van der Waals surface area (Å²) in [4.78, 5) is 19.9. The van der Waals surface area contributed by atoms with E-state index in [2.05, 4.69) is 47.2 Å². The molecule has 0 spiro atoms. The highest BCUT2D eigenvalue weighted by Crippen LogP contribution is 2.31. The molecule has 1 aliphatic heterocycles. The predicted octanol–water partition coefficient (Wildman–Crippen LogP) is 4.09. The van der Waals surface area contributed by atoms with Gasteiger partial charge < -0.3 is 19.8 Å². The Morgan fingerprint density at radius 2 is 2.03 bits per heavy atom. The number of fused-ring (bicyclic) bond motifs is 2. The highest BCUT2D eigenvalue weighted by molar-refractivity contribution is 5.98. The first-order chi connectivity index (χ1) is 15.0. The number of carbonyl (C=O) groups is 1. The third kappa shape index (κ3) is 3.22. The molecule has 3 heterocycles. The Kier molecular flexibility index (Phi) is 4.82. The first-order valence-electron chi connectivity index (χ1n) is 11.1. The lowest BCUT2D eigenvalue weighted by Crippen LogP contribution is -2.45. The van der Waals surface area contributed by atoms with Crippen molar-refractivity contribution in [2.24, 2.45) is 12.8 Å². The molecular weight excluding hydrogens is 386 g/mol. The zero-order chi connectivity index (χ0) is 21.7. The minimum atomic E-state index is 0.0440. The smallest absolute Gasteiger partial charge is 0.253 e. The normalized spacial score (nSPS) is 17.0. The van der Waals surface area contributed by atoms with Crippen LogP contribution in [0, 0.1) is 6.92 Å². The van der Waals surface area contributed by atoms with E-state index in [1.165, 1.54) is 16.5 Å². The van der Waals surface area contributed by atoms with E-state index in [0.29, 0.717) is 12.1 Å². The molecule has 5 rings (SSSR count).